The molecule has 1 aliphatic rings. The first-order valence-electron chi connectivity index (χ1n) is 6.97. The van der Waals surface area contributed by atoms with Gasteiger partial charge < -0.3 is 10.6 Å². The van der Waals surface area contributed by atoms with Crippen LogP contribution in [-0.2, 0) is 6.54 Å². The second-order valence-corrected chi connectivity index (χ2v) is 5.75. The third kappa shape index (κ3) is 5.15. The molecule has 0 aromatic heterocycles. The van der Waals surface area contributed by atoms with E-state index in [2.05, 4.69) is 53.1 Å². The van der Waals surface area contributed by atoms with Crippen LogP contribution in [0.2, 0.25) is 0 Å². The van der Waals surface area contributed by atoms with E-state index in [1.807, 2.05) is 0 Å². The maximum atomic E-state index is 4.63. The zero-order valence-electron chi connectivity index (χ0n) is 11.8. The van der Waals surface area contributed by atoms with Gasteiger partial charge in [-0.2, -0.15) is 0 Å². The van der Waals surface area contributed by atoms with E-state index in [4.69, 9.17) is 0 Å². The van der Waals surface area contributed by atoms with Crippen molar-refractivity contribution >= 4 is 17.7 Å². The van der Waals surface area contributed by atoms with Crippen molar-refractivity contribution in [2.45, 2.75) is 31.2 Å². The van der Waals surface area contributed by atoms with Gasteiger partial charge in [0.2, 0.25) is 0 Å². The van der Waals surface area contributed by atoms with Crippen molar-refractivity contribution in [3.63, 3.8) is 0 Å². The molecule has 1 saturated carbocycles. The van der Waals surface area contributed by atoms with Crippen LogP contribution in [0.5, 0.6) is 0 Å². The van der Waals surface area contributed by atoms with Gasteiger partial charge in [-0.05, 0) is 49.6 Å². The molecule has 0 unspecified atom stereocenters. The second-order valence-electron chi connectivity index (χ2n) is 4.87. The van der Waals surface area contributed by atoms with E-state index in [0.717, 1.165) is 31.5 Å². The van der Waals surface area contributed by atoms with Crippen LogP contribution < -0.4 is 10.6 Å². The fraction of sp³-hybridized carbons (Fsp3) is 0.533. The Labute approximate surface area is 120 Å². The molecular weight excluding hydrogens is 254 g/mol. The number of nitrogens with one attached hydrogen (secondary N) is 2. The lowest BCUT2D eigenvalue weighted by Crippen LogP contribution is -2.38. The number of nitrogens with zero attached hydrogens (tertiary/aromatic N) is 1. The molecule has 1 aliphatic carbocycles. The lowest BCUT2D eigenvalue weighted by Gasteiger charge is -2.10. The van der Waals surface area contributed by atoms with Crippen molar-refractivity contribution in [1.82, 2.24) is 10.6 Å². The van der Waals surface area contributed by atoms with E-state index in [1.165, 1.54) is 23.3 Å². The van der Waals surface area contributed by atoms with E-state index in [9.17, 15) is 0 Å². The quantitative estimate of drug-likeness (QED) is 0.477. The van der Waals surface area contributed by atoms with Gasteiger partial charge in [-0.15, -0.1) is 11.8 Å². The van der Waals surface area contributed by atoms with Crippen LogP contribution >= 0.6 is 11.8 Å². The Kier molecular flexibility index (Phi) is 5.58. The van der Waals surface area contributed by atoms with Gasteiger partial charge in [0.25, 0.3) is 0 Å². The summed E-state index contributed by atoms with van der Waals surface area (Å²) in [5.41, 5.74) is 1.25. The molecule has 1 aromatic rings. The Bertz CT molecular complexity index is 410. The van der Waals surface area contributed by atoms with E-state index < -0.39 is 0 Å². The summed E-state index contributed by atoms with van der Waals surface area (Å²) in [5, 5.41) is 6.70. The largest absolute Gasteiger partial charge is 0.357 e. The van der Waals surface area contributed by atoms with Crippen molar-refractivity contribution < 1.29 is 0 Å². The first-order chi connectivity index (χ1) is 9.31. The van der Waals surface area contributed by atoms with Gasteiger partial charge in [-0.3, -0.25) is 0 Å². The smallest absolute Gasteiger partial charge is 0.191 e. The van der Waals surface area contributed by atoms with Crippen molar-refractivity contribution in [1.29, 1.82) is 0 Å². The highest BCUT2D eigenvalue weighted by Gasteiger charge is 2.20. The molecule has 0 bridgehead atoms. The fourth-order valence-electron chi connectivity index (χ4n) is 1.81. The van der Waals surface area contributed by atoms with Gasteiger partial charge in [-0.25, -0.2) is 4.99 Å². The molecule has 0 amide bonds. The summed E-state index contributed by atoms with van der Waals surface area (Å²) in [6.45, 7) is 4.79. The molecule has 4 heteroatoms. The van der Waals surface area contributed by atoms with Gasteiger partial charge in [0.15, 0.2) is 5.96 Å². The van der Waals surface area contributed by atoms with Gasteiger partial charge >= 0.3 is 0 Å². The normalized spacial score (nSPS) is 15.4. The van der Waals surface area contributed by atoms with Crippen LogP contribution in [0.3, 0.4) is 0 Å². The monoisotopic (exact) mass is 277 g/mol. The lowest BCUT2D eigenvalue weighted by molar-refractivity contribution is 0.739. The first-order valence-corrected chi connectivity index (χ1v) is 8.19. The van der Waals surface area contributed by atoms with Gasteiger partial charge in [0.1, 0.15) is 0 Å². The number of hydrogen-bond donors (Lipinski definition) is 2. The van der Waals surface area contributed by atoms with Crippen LogP contribution in [0, 0.1) is 5.92 Å². The molecule has 1 aromatic carbocycles. The summed E-state index contributed by atoms with van der Waals surface area (Å²) in [5.74, 6) is 1.80. The molecule has 0 spiro atoms. The average Bonchev–Trinajstić information content (AvgIpc) is 3.26. The molecule has 0 atom stereocenters. The zero-order valence-corrected chi connectivity index (χ0v) is 12.6. The van der Waals surface area contributed by atoms with Gasteiger partial charge in [-0.1, -0.05) is 12.1 Å². The summed E-state index contributed by atoms with van der Waals surface area (Å²) in [7, 11) is 0. The molecule has 104 valence electrons. The van der Waals surface area contributed by atoms with Crippen molar-refractivity contribution in [2.24, 2.45) is 10.9 Å². The Morgan fingerprint density at radius 1 is 1.26 bits per heavy atom. The highest BCUT2D eigenvalue weighted by molar-refractivity contribution is 7.98. The predicted octanol–water partition coefficient (Wildman–Crippen LogP) is 2.87. The summed E-state index contributed by atoms with van der Waals surface area (Å²) < 4.78 is 0. The van der Waals surface area contributed by atoms with Gasteiger partial charge in [0, 0.05) is 18.0 Å². The molecule has 0 radical (unpaired) electrons. The number of aliphatic imine (C=N–C) groups is 1. The topological polar surface area (TPSA) is 36.4 Å². The van der Waals surface area contributed by atoms with Crippen LogP contribution in [0.15, 0.2) is 34.2 Å². The molecule has 2 N–H and O–H groups in total. The number of rotatable bonds is 6. The summed E-state index contributed by atoms with van der Waals surface area (Å²) in [4.78, 5) is 5.92. The number of benzene rings is 1. The number of thioether (sulfide) groups is 1. The highest BCUT2D eigenvalue weighted by Crippen LogP contribution is 2.27. The third-order valence-electron chi connectivity index (χ3n) is 3.18. The Hall–Kier alpha value is -1.16. The minimum absolute atomic E-state index is 0.731. The number of guanidine groups is 1. The minimum atomic E-state index is 0.731. The van der Waals surface area contributed by atoms with Crippen LogP contribution in [0.1, 0.15) is 25.3 Å². The maximum absolute atomic E-state index is 4.63. The van der Waals surface area contributed by atoms with Crippen molar-refractivity contribution in [3.8, 4) is 0 Å². The second kappa shape index (κ2) is 7.43. The minimum Gasteiger partial charge on any atom is -0.357 e. The SMILES string of the molecule is CCNC(=NCc1ccc(SC)cc1)NCC1CC1. The highest BCUT2D eigenvalue weighted by atomic mass is 32.2. The Balaban J connectivity index is 1.87. The summed E-state index contributed by atoms with van der Waals surface area (Å²) >= 11 is 1.77. The van der Waals surface area contributed by atoms with E-state index in [-0.39, 0.29) is 0 Å². The molecular formula is C15H23N3S. The first kappa shape index (κ1) is 14.3. The maximum Gasteiger partial charge on any atom is 0.191 e. The fourth-order valence-corrected chi connectivity index (χ4v) is 2.21. The number of hydrogen-bond acceptors (Lipinski definition) is 2. The summed E-state index contributed by atoms with van der Waals surface area (Å²) in [6, 6.07) is 8.61. The van der Waals surface area contributed by atoms with Crippen LogP contribution in [0.4, 0.5) is 0 Å². The average molecular weight is 277 g/mol. The van der Waals surface area contributed by atoms with E-state index in [1.54, 1.807) is 11.8 Å². The Morgan fingerprint density at radius 2 is 2.00 bits per heavy atom. The molecule has 0 heterocycles. The molecule has 2 rings (SSSR count). The Morgan fingerprint density at radius 3 is 2.58 bits per heavy atom. The lowest BCUT2D eigenvalue weighted by atomic mass is 10.2. The summed E-state index contributed by atoms with van der Waals surface area (Å²) in [6.07, 6.45) is 4.82. The zero-order chi connectivity index (χ0) is 13.5. The van der Waals surface area contributed by atoms with Crippen LogP contribution in [-0.4, -0.2) is 25.3 Å². The van der Waals surface area contributed by atoms with E-state index >= 15 is 0 Å². The third-order valence-corrected chi connectivity index (χ3v) is 3.92. The predicted molar refractivity (Wildman–Crippen MR) is 83.8 cm³/mol. The molecule has 0 saturated heterocycles. The molecule has 19 heavy (non-hydrogen) atoms. The van der Waals surface area contributed by atoms with Crippen molar-refractivity contribution in [3.05, 3.63) is 29.8 Å². The molecule has 0 aliphatic heterocycles. The van der Waals surface area contributed by atoms with Crippen LogP contribution in [0.25, 0.3) is 0 Å². The van der Waals surface area contributed by atoms with Crippen molar-refractivity contribution in [2.75, 3.05) is 19.3 Å². The molecule has 3 nitrogen and oxygen atoms in total. The molecule has 1 fully saturated rings. The standard InChI is InChI=1S/C15H23N3S/c1-3-16-15(17-10-12-4-5-12)18-11-13-6-8-14(19-2)9-7-13/h6-9,12H,3-5,10-11H2,1-2H3,(H2,16,17,18). The van der Waals surface area contributed by atoms with Gasteiger partial charge in [0.05, 0.1) is 6.54 Å². The van der Waals surface area contributed by atoms with E-state index in [0.29, 0.717) is 0 Å².